The van der Waals surface area contributed by atoms with Crippen molar-refractivity contribution in [3.05, 3.63) is 0 Å². The van der Waals surface area contributed by atoms with Gasteiger partial charge < -0.3 is 14.7 Å². The van der Waals surface area contributed by atoms with Crippen LogP contribution < -0.4 is 4.89 Å². The summed E-state index contributed by atoms with van der Waals surface area (Å²) in [6.07, 6.45) is 0. The van der Waals surface area contributed by atoms with Crippen molar-refractivity contribution in [1.82, 2.24) is 0 Å². The lowest BCUT2D eigenvalue weighted by Crippen LogP contribution is -1.96. The second-order valence-electron chi connectivity index (χ2n) is 1.09. The van der Waals surface area contributed by atoms with Gasteiger partial charge >= 0.3 is 16.1 Å². The van der Waals surface area contributed by atoms with Crippen molar-refractivity contribution in [3.63, 3.8) is 0 Å². The molecule has 0 aliphatic rings. The zero-order chi connectivity index (χ0) is 8.20. The molecule has 0 heterocycles. The molecule has 0 rings (SSSR count). The molecule has 0 saturated carbocycles. The molecule has 0 aromatic heterocycles. The summed E-state index contributed by atoms with van der Waals surface area (Å²) in [7, 11) is -7.74. The van der Waals surface area contributed by atoms with Gasteiger partial charge in [-0.05, 0) is 4.57 Å². The quantitative estimate of drug-likeness (QED) is 0.435. The molecule has 0 amide bonds. The SMILES string of the molecule is O=[P+]([O-])OCOP(=O)(O)O. The van der Waals surface area contributed by atoms with Gasteiger partial charge in [0.15, 0.2) is 0 Å². The lowest BCUT2D eigenvalue weighted by Gasteiger charge is -1.99. The molecule has 0 aliphatic heterocycles. The molecule has 1 unspecified atom stereocenters. The van der Waals surface area contributed by atoms with Crippen molar-refractivity contribution in [2.75, 3.05) is 6.79 Å². The summed E-state index contributed by atoms with van der Waals surface area (Å²) in [5, 5.41) is 0. The third kappa shape index (κ3) is 8.13. The fourth-order valence-electron chi connectivity index (χ4n) is 0.135. The van der Waals surface area contributed by atoms with Crippen molar-refractivity contribution < 1.29 is 32.9 Å². The molecule has 0 aromatic carbocycles. The molecule has 0 aliphatic carbocycles. The number of rotatable bonds is 4. The first-order valence-corrected chi connectivity index (χ1v) is 4.52. The van der Waals surface area contributed by atoms with E-state index in [-0.39, 0.29) is 0 Å². The van der Waals surface area contributed by atoms with Gasteiger partial charge in [0.05, 0.1) is 0 Å². The van der Waals surface area contributed by atoms with Gasteiger partial charge in [-0.1, -0.05) is 0 Å². The highest BCUT2D eigenvalue weighted by atomic mass is 31.2. The molecular weight excluding hydrogens is 186 g/mol. The first-order valence-electron chi connectivity index (χ1n) is 1.89. The largest absolute Gasteiger partial charge is 0.566 e. The Labute approximate surface area is 56.8 Å². The minimum Gasteiger partial charge on any atom is -0.566 e. The fourth-order valence-corrected chi connectivity index (χ4v) is 0.547. The minimum absolute atomic E-state index is 0.969. The van der Waals surface area contributed by atoms with Crippen molar-refractivity contribution in [2.45, 2.75) is 0 Å². The summed E-state index contributed by atoms with van der Waals surface area (Å²) in [5.41, 5.74) is 0. The molecule has 2 N–H and O–H groups in total. The Balaban J connectivity index is 3.39. The average molecular weight is 190 g/mol. The molecule has 0 aromatic rings. The zero-order valence-corrected chi connectivity index (χ0v) is 6.33. The van der Waals surface area contributed by atoms with Crippen molar-refractivity contribution in [3.8, 4) is 0 Å². The van der Waals surface area contributed by atoms with Crippen molar-refractivity contribution in [2.24, 2.45) is 0 Å². The highest BCUT2D eigenvalue weighted by Crippen LogP contribution is 2.36. The smallest absolute Gasteiger partial charge is 0.490 e. The van der Waals surface area contributed by atoms with E-state index in [9.17, 15) is 14.0 Å². The summed E-state index contributed by atoms with van der Waals surface area (Å²) in [6, 6.07) is 0. The fraction of sp³-hybridized carbons (Fsp3) is 1.00. The Bertz CT molecular complexity index is 157. The van der Waals surface area contributed by atoms with Crippen LogP contribution in [0.5, 0.6) is 0 Å². The van der Waals surface area contributed by atoms with Crippen molar-refractivity contribution in [1.29, 1.82) is 0 Å². The lowest BCUT2D eigenvalue weighted by molar-refractivity contribution is -0.190. The first kappa shape index (κ1) is 10.1. The number of hydrogen-bond acceptors (Lipinski definition) is 5. The maximum Gasteiger partial charge on any atom is 0.490 e. The first-order chi connectivity index (χ1) is 4.42. The van der Waals surface area contributed by atoms with Crippen molar-refractivity contribution >= 4 is 16.1 Å². The molecule has 10 heavy (non-hydrogen) atoms. The molecule has 0 bridgehead atoms. The summed E-state index contributed by atoms with van der Waals surface area (Å²) in [6.45, 7) is -0.969. The molecule has 1 atom stereocenters. The van der Waals surface area contributed by atoms with Crippen LogP contribution in [0.15, 0.2) is 0 Å². The van der Waals surface area contributed by atoms with Gasteiger partial charge in [0.25, 0.3) is 0 Å². The Morgan fingerprint density at radius 2 is 2.10 bits per heavy atom. The van der Waals surface area contributed by atoms with Crippen LogP contribution in [0.25, 0.3) is 0 Å². The third-order valence-electron chi connectivity index (χ3n) is 0.379. The summed E-state index contributed by atoms with van der Waals surface area (Å²) in [4.78, 5) is 25.5. The molecule has 0 spiro atoms. The predicted octanol–water partition coefficient (Wildman–Crippen LogP) is -0.913. The van der Waals surface area contributed by atoms with Gasteiger partial charge in [0.1, 0.15) is 0 Å². The number of hydrogen-bond donors (Lipinski definition) is 2. The molecule has 9 heteroatoms. The van der Waals surface area contributed by atoms with E-state index >= 15 is 0 Å². The van der Waals surface area contributed by atoms with Crippen LogP contribution in [0.4, 0.5) is 0 Å². The van der Waals surface area contributed by atoms with Gasteiger partial charge in [0, 0.05) is 0 Å². The van der Waals surface area contributed by atoms with Gasteiger partial charge in [-0.25, -0.2) is 4.57 Å². The maximum absolute atomic E-state index is 9.81. The normalized spacial score (nSPS) is 13.3. The molecule has 0 fully saturated rings. The molecular formula is CH4O7P2. The Kier molecular flexibility index (Phi) is 4.15. The molecule has 60 valence electrons. The average Bonchev–Trinajstić information content (AvgIpc) is 1.59. The summed E-state index contributed by atoms with van der Waals surface area (Å²) < 4.78 is 26.6. The van der Waals surface area contributed by atoms with E-state index in [0.29, 0.717) is 0 Å². The van der Waals surface area contributed by atoms with E-state index in [0.717, 1.165) is 0 Å². The maximum atomic E-state index is 9.81. The minimum atomic E-state index is -4.61. The van der Waals surface area contributed by atoms with Crippen LogP contribution >= 0.6 is 16.1 Å². The Hall–Kier alpha value is 0.130. The molecule has 0 saturated heterocycles. The van der Waals surface area contributed by atoms with Crippen LogP contribution in [-0.2, 0) is 18.2 Å². The van der Waals surface area contributed by atoms with Crippen LogP contribution in [0, 0.1) is 0 Å². The standard InChI is InChI=1S/CH4O7P2/c2-9(3)7-1-8-10(4,5)6/h1H2,(H2,4,5,6). The Morgan fingerprint density at radius 1 is 1.60 bits per heavy atom. The van der Waals surface area contributed by atoms with Gasteiger partial charge in [-0.3, -0.25) is 4.52 Å². The monoisotopic (exact) mass is 190 g/mol. The van der Waals surface area contributed by atoms with Crippen LogP contribution in [-0.4, -0.2) is 16.6 Å². The third-order valence-corrected chi connectivity index (χ3v) is 1.14. The second-order valence-corrected chi connectivity index (χ2v) is 3.03. The van der Waals surface area contributed by atoms with E-state index < -0.39 is 22.9 Å². The van der Waals surface area contributed by atoms with E-state index in [1.54, 1.807) is 0 Å². The van der Waals surface area contributed by atoms with Crippen LogP contribution in [0.2, 0.25) is 0 Å². The van der Waals surface area contributed by atoms with E-state index in [4.69, 9.17) is 9.79 Å². The topological polar surface area (TPSA) is 116 Å². The van der Waals surface area contributed by atoms with Gasteiger partial charge in [-0.2, -0.15) is 0 Å². The second kappa shape index (κ2) is 4.10. The van der Waals surface area contributed by atoms with E-state index in [1.165, 1.54) is 0 Å². The van der Waals surface area contributed by atoms with Gasteiger partial charge in [0.2, 0.25) is 6.79 Å². The number of phosphoric ester groups is 1. The predicted molar refractivity (Wildman–Crippen MR) is 26.7 cm³/mol. The molecule has 0 radical (unpaired) electrons. The van der Waals surface area contributed by atoms with Crippen LogP contribution in [0.1, 0.15) is 0 Å². The summed E-state index contributed by atoms with van der Waals surface area (Å²) >= 11 is 0. The van der Waals surface area contributed by atoms with Gasteiger partial charge in [-0.15, -0.1) is 4.52 Å². The highest BCUT2D eigenvalue weighted by Gasteiger charge is 2.15. The van der Waals surface area contributed by atoms with E-state index in [2.05, 4.69) is 9.05 Å². The Morgan fingerprint density at radius 3 is 2.40 bits per heavy atom. The molecule has 7 nitrogen and oxygen atoms in total. The summed E-state index contributed by atoms with van der Waals surface area (Å²) in [5.74, 6) is 0. The van der Waals surface area contributed by atoms with E-state index in [1.807, 2.05) is 0 Å². The van der Waals surface area contributed by atoms with Crippen LogP contribution in [0.3, 0.4) is 0 Å². The highest BCUT2D eigenvalue weighted by molar-refractivity contribution is 7.46. The zero-order valence-electron chi connectivity index (χ0n) is 4.54. The lowest BCUT2D eigenvalue weighted by atomic mass is 11.6. The number of phosphoric acid groups is 1.